The lowest BCUT2D eigenvalue weighted by Crippen LogP contribution is -2.21. The van der Waals surface area contributed by atoms with Crippen LogP contribution in [-0.2, 0) is 0 Å². The van der Waals surface area contributed by atoms with Crippen LogP contribution in [0.1, 0.15) is 48.2 Å². The lowest BCUT2D eigenvalue weighted by Gasteiger charge is -2.18. The number of hydrogen-bond donors (Lipinski definition) is 5. The number of nitrogens with one attached hydrogen (secondary N) is 2. The summed E-state index contributed by atoms with van der Waals surface area (Å²) in [6, 6.07) is 32.4. The summed E-state index contributed by atoms with van der Waals surface area (Å²) in [5.41, 5.74) is 2.90. The minimum atomic E-state index is -1.40. The van der Waals surface area contributed by atoms with Gasteiger partial charge in [-0.3, -0.25) is 25.0 Å². The highest BCUT2D eigenvalue weighted by atomic mass is 16.6. The van der Waals surface area contributed by atoms with Crippen LogP contribution in [0.25, 0.3) is 11.1 Å². The number of ether oxygens (including phenoxy) is 2. The lowest BCUT2D eigenvalue weighted by molar-refractivity contribution is -0.385. The average Bonchev–Trinajstić information content (AvgIpc) is 3.19. The molecule has 0 heterocycles. The topological polar surface area (TPSA) is 241 Å². The molecule has 0 aliphatic heterocycles. The Hall–Kier alpha value is -7.95. The second-order valence-electron chi connectivity index (χ2n) is 12.0. The Morgan fingerprint density at radius 1 is 0.554 bits per heavy atom. The molecule has 0 fully saturated rings. The van der Waals surface area contributed by atoms with E-state index in [4.69, 9.17) is 9.47 Å². The SMILES string of the molecule is O=C(O)c1ccc([N+](=O)[O-])cc1C(=O)Nc1ccc(Oc2ccc(-c3ccc(Oc4ccc(C(NO)c5cc([N+](=O)[O-])ccc5C(=O)O)cc4)cc3)cc2)cc1. The van der Waals surface area contributed by atoms with Crippen LogP contribution in [0.15, 0.2) is 133 Å². The third-order valence-corrected chi connectivity index (χ3v) is 8.44. The van der Waals surface area contributed by atoms with Crippen LogP contribution in [0.2, 0.25) is 0 Å². The summed E-state index contributed by atoms with van der Waals surface area (Å²) < 4.78 is 11.9. The Morgan fingerprint density at radius 3 is 1.43 bits per heavy atom. The molecule has 1 atom stereocenters. The second-order valence-corrected chi connectivity index (χ2v) is 12.0. The van der Waals surface area contributed by atoms with Gasteiger partial charge in [-0.05, 0) is 95.1 Å². The Bertz CT molecular complexity index is 2450. The van der Waals surface area contributed by atoms with E-state index in [1.807, 2.05) is 29.7 Å². The van der Waals surface area contributed by atoms with E-state index in [0.717, 1.165) is 47.5 Å². The molecule has 0 saturated heterocycles. The normalized spacial score (nSPS) is 11.2. The number of nitro groups is 2. The van der Waals surface area contributed by atoms with Crippen LogP contribution in [0, 0.1) is 20.2 Å². The molecule has 1 amide bonds. The van der Waals surface area contributed by atoms with Crippen molar-refractivity contribution in [2.75, 3.05) is 5.32 Å². The van der Waals surface area contributed by atoms with Gasteiger partial charge in [-0.2, -0.15) is 5.48 Å². The van der Waals surface area contributed by atoms with Crippen LogP contribution in [0.4, 0.5) is 17.1 Å². The molecule has 5 N–H and O–H groups in total. The van der Waals surface area contributed by atoms with Crippen molar-refractivity contribution in [3.8, 4) is 34.1 Å². The first-order valence-corrected chi connectivity index (χ1v) is 16.4. The molecule has 0 spiro atoms. The number of nitro benzene ring substituents is 2. The number of anilines is 1. The summed E-state index contributed by atoms with van der Waals surface area (Å²) in [6.45, 7) is 0. The van der Waals surface area contributed by atoms with Crippen LogP contribution in [0.3, 0.4) is 0 Å². The first-order valence-electron chi connectivity index (χ1n) is 16.4. The molecule has 6 rings (SSSR count). The maximum atomic E-state index is 12.8. The molecule has 16 nitrogen and oxygen atoms in total. The number of carbonyl (C=O) groups excluding carboxylic acids is 1. The Kier molecular flexibility index (Phi) is 11.1. The standard InChI is InChI=1S/C40H28N4O12/c45-38(36-22-28(44(53)54)10-20-34(36)40(48)49)41-26-7-17-32(18-8-26)56-30-13-3-24(4-14-30)23-1-11-29(12-2-23)55-31-15-5-25(6-16-31)37(42-50)35-21-27(43(51)52)9-19-33(35)39(46)47/h1-22,37,42,50H,(H,41,45)(H,46,47)(H,48,49). The van der Waals surface area contributed by atoms with Gasteiger partial charge in [0.05, 0.1) is 32.6 Å². The Balaban J connectivity index is 1.06. The summed E-state index contributed by atoms with van der Waals surface area (Å²) in [6.07, 6.45) is 0. The number of hydrogen-bond acceptors (Lipinski definition) is 11. The van der Waals surface area contributed by atoms with Crippen molar-refractivity contribution in [3.63, 3.8) is 0 Å². The molecule has 0 aliphatic carbocycles. The number of aromatic carboxylic acids is 2. The van der Waals surface area contributed by atoms with Gasteiger partial charge in [0.15, 0.2) is 0 Å². The van der Waals surface area contributed by atoms with Crippen molar-refractivity contribution in [1.29, 1.82) is 0 Å². The number of rotatable bonds is 14. The predicted octanol–water partition coefficient (Wildman–Crippen LogP) is 8.47. The van der Waals surface area contributed by atoms with Crippen molar-refractivity contribution in [2.45, 2.75) is 6.04 Å². The van der Waals surface area contributed by atoms with Crippen LogP contribution < -0.4 is 20.3 Å². The number of carbonyl (C=O) groups is 3. The quantitative estimate of drug-likeness (QED) is 0.0518. The van der Waals surface area contributed by atoms with Gasteiger partial charge >= 0.3 is 11.9 Å². The molecule has 16 heteroatoms. The molecule has 0 bridgehead atoms. The van der Waals surface area contributed by atoms with Crippen molar-refractivity contribution in [2.24, 2.45) is 0 Å². The van der Waals surface area contributed by atoms with E-state index in [-0.39, 0.29) is 27.9 Å². The number of carboxylic acid groups (broad SMARTS) is 2. The zero-order chi connectivity index (χ0) is 39.9. The van der Waals surface area contributed by atoms with E-state index in [2.05, 4.69) is 5.32 Å². The summed E-state index contributed by atoms with van der Waals surface area (Å²) in [7, 11) is 0. The zero-order valence-corrected chi connectivity index (χ0v) is 28.7. The minimum Gasteiger partial charge on any atom is -0.478 e. The van der Waals surface area contributed by atoms with Crippen molar-refractivity contribution >= 4 is 34.9 Å². The van der Waals surface area contributed by atoms with E-state index in [9.17, 15) is 50.0 Å². The molecule has 0 saturated carbocycles. The third kappa shape index (κ3) is 8.63. The lowest BCUT2D eigenvalue weighted by atomic mass is 9.94. The number of amides is 1. The molecule has 0 aliphatic rings. The summed E-state index contributed by atoms with van der Waals surface area (Å²) in [5, 5.41) is 53.9. The maximum Gasteiger partial charge on any atom is 0.336 e. The van der Waals surface area contributed by atoms with Gasteiger partial charge in [0.1, 0.15) is 23.0 Å². The first kappa shape index (κ1) is 37.8. The monoisotopic (exact) mass is 756 g/mol. The van der Waals surface area contributed by atoms with Crippen molar-refractivity contribution < 1.29 is 49.1 Å². The zero-order valence-electron chi connectivity index (χ0n) is 28.7. The summed E-state index contributed by atoms with van der Waals surface area (Å²) in [5.74, 6) is -1.58. The summed E-state index contributed by atoms with van der Waals surface area (Å²) >= 11 is 0. The molecule has 0 radical (unpaired) electrons. The van der Waals surface area contributed by atoms with Gasteiger partial charge in [-0.15, -0.1) is 0 Å². The third-order valence-electron chi connectivity index (χ3n) is 8.44. The van der Waals surface area contributed by atoms with Crippen LogP contribution in [0.5, 0.6) is 23.0 Å². The number of non-ortho nitro benzene ring substituents is 2. The second kappa shape index (κ2) is 16.4. The van der Waals surface area contributed by atoms with Gasteiger partial charge in [-0.25, -0.2) is 9.59 Å². The van der Waals surface area contributed by atoms with E-state index < -0.39 is 39.4 Å². The number of nitrogens with zero attached hydrogens (tertiary/aromatic N) is 2. The van der Waals surface area contributed by atoms with Gasteiger partial charge in [0, 0.05) is 30.0 Å². The van der Waals surface area contributed by atoms with E-state index in [1.54, 1.807) is 60.7 Å². The van der Waals surface area contributed by atoms with E-state index in [0.29, 0.717) is 34.2 Å². The minimum absolute atomic E-state index is 0.0116. The highest BCUT2D eigenvalue weighted by Crippen LogP contribution is 2.32. The predicted molar refractivity (Wildman–Crippen MR) is 200 cm³/mol. The van der Waals surface area contributed by atoms with Gasteiger partial charge in [0.25, 0.3) is 17.3 Å². The molecular weight excluding hydrogens is 728 g/mol. The average molecular weight is 757 g/mol. The number of hydroxylamine groups is 1. The van der Waals surface area contributed by atoms with Crippen LogP contribution >= 0.6 is 0 Å². The summed E-state index contributed by atoms with van der Waals surface area (Å²) in [4.78, 5) is 57.2. The molecule has 6 aromatic rings. The Morgan fingerprint density at radius 2 is 0.982 bits per heavy atom. The fourth-order valence-corrected chi connectivity index (χ4v) is 5.68. The number of carboxylic acids is 2. The molecule has 6 aromatic carbocycles. The molecule has 280 valence electrons. The van der Waals surface area contributed by atoms with Crippen LogP contribution in [-0.4, -0.2) is 43.1 Å². The Labute approximate surface area is 316 Å². The molecule has 56 heavy (non-hydrogen) atoms. The molecule has 1 unspecified atom stereocenters. The first-order chi connectivity index (χ1) is 26.9. The highest BCUT2D eigenvalue weighted by Gasteiger charge is 2.24. The van der Waals surface area contributed by atoms with Crippen molar-refractivity contribution in [3.05, 3.63) is 182 Å². The van der Waals surface area contributed by atoms with Gasteiger partial charge < -0.3 is 30.2 Å². The largest absolute Gasteiger partial charge is 0.478 e. The molecular formula is C40H28N4O12. The van der Waals surface area contributed by atoms with Gasteiger partial charge in [-0.1, -0.05) is 36.4 Å². The van der Waals surface area contributed by atoms with Crippen molar-refractivity contribution in [1.82, 2.24) is 5.48 Å². The van der Waals surface area contributed by atoms with E-state index in [1.165, 1.54) is 12.1 Å². The van der Waals surface area contributed by atoms with Gasteiger partial charge in [0.2, 0.25) is 0 Å². The fourth-order valence-electron chi connectivity index (χ4n) is 5.68. The van der Waals surface area contributed by atoms with E-state index >= 15 is 0 Å². The number of benzene rings is 6. The highest BCUT2D eigenvalue weighted by molar-refractivity contribution is 6.11. The fraction of sp³-hybridized carbons (Fsp3) is 0.0250. The molecule has 0 aromatic heterocycles. The smallest absolute Gasteiger partial charge is 0.336 e. The maximum absolute atomic E-state index is 12.8.